The van der Waals surface area contributed by atoms with Gasteiger partial charge in [-0.05, 0) is 36.5 Å². The van der Waals surface area contributed by atoms with Crippen molar-refractivity contribution >= 4 is 17.5 Å². The number of para-hydroxylation sites is 1. The second-order valence-electron chi connectivity index (χ2n) is 9.21. The number of carbonyl (C=O) groups is 2. The summed E-state index contributed by atoms with van der Waals surface area (Å²) in [5, 5.41) is 3.12. The van der Waals surface area contributed by atoms with Gasteiger partial charge in [0.25, 0.3) is 0 Å². The van der Waals surface area contributed by atoms with Crippen molar-refractivity contribution in [3.8, 4) is 0 Å². The molecule has 2 amide bonds. The van der Waals surface area contributed by atoms with E-state index in [1.807, 2.05) is 41.3 Å². The van der Waals surface area contributed by atoms with Crippen LogP contribution in [-0.2, 0) is 16.0 Å². The van der Waals surface area contributed by atoms with Crippen LogP contribution < -0.4 is 5.32 Å². The average molecular weight is 449 g/mol. The molecule has 0 saturated carbocycles. The highest BCUT2D eigenvalue weighted by molar-refractivity contribution is 5.93. The third-order valence-corrected chi connectivity index (χ3v) is 6.68. The fourth-order valence-corrected chi connectivity index (χ4v) is 4.72. The Hall–Kier alpha value is -2.70. The molecule has 0 aromatic heterocycles. The van der Waals surface area contributed by atoms with E-state index in [-0.39, 0.29) is 11.8 Å². The lowest BCUT2D eigenvalue weighted by Gasteiger charge is -2.35. The van der Waals surface area contributed by atoms with E-state index in [2.05, 4.69) is 33.3 Å². The quantitative estimate of drug-likeness (QED) is 0.707. The van der Waals surface area contributed by atoms with Crippen molar-refractivity contribution < 1.29 is 9.59 Å². The maximum absolute atomic E-state index is 12.8. The van der Waals surface area contributed by atoms with Crippen LogP contribution in [0.4, 0.5) is 5.69 Å². The fourth-order valence-electron chi connectivity index (χ4n) is 4.72. The van der Waals surface area contributed by atoms with Crippen LogP contribution >= 0.6 is 0 Å². The lowest BCUT2D eigenvalue weighted by atomic mass is 10.0. The molecule has 2 saturated heterocycles. The van der Waals surface area contributed by atoms with Gasteiger partial charge >= 0.3 is 0 Å². The largest absolute Gasteiger partial charge is 0.342 e. The van der Waals surface area contributed by atoms with Gasteiger partial charge in [-0.2, -0.15) is 0 Å². The van der Waals surface area contributed by atoms with Crippen LogP contribution in [0.25, 0.3) is 0 Å². The fraction of sp³-hybridized carbons (Fsp3) is 0.481. The van der Waals surface area contributed by atoms with E-state index in [1.54, 1.807) is 0 Å². The Morgan fingerprint density at radius 3 is 2.00 bits per heavy atom. The monoisotopic (exact) mass is 448 g/mol. The first-order chi connectivity index (χ1) is 16.2. The normalized spacial score (nSPS) is 18.0. The molecule has 2 aliphatic heterocycles. The number of nitrogens with one attached hydrogen (secondary N) is 1. The van der Waals surface area contributed by atoms with Crippen LogP contribution in [0.1, 0.15) is 36.8 Å². The van der Waals surface area contributed by atoms with Gasteiger partial charge in [0.05, 0.1) is 13.1 Å². The Balaban J connectivity index is 1.22. The molecule has 176 valence electrons. The number of hydrogen-bond donors (Lipinski definition) is 1. The second-order valence-corrected chi connectivity index (χ2v) is 9.21. The van der Waals surface area contributed by atoms with Gasteiger partial charge in [0, 0.05) is 45.0 Å². The second kappa shape index (κ2) is 12.0. The van der Waals surface area contributed by atoms with Gasteiger partial charge in [0.15, 0.2) is 0 Å². The maximum atomic E-state index is 12.8. The van der Waals surface area contributed by atoms with E-state index >= 15 is 0 Å². The summed E-state index contributed by atoms with van der Waals surface area (Å²) in [6.45, 7) is 5.99. The average Bonchev–Trinajstić information content (AvgIpc) is 3.12. The van der Waals surface area contributed by atoms with E-state index in [4.69, 9.17) is 0 Å². The summed E-state index contributed by atoms with van der Waals surface area (Å²) in [6, 6.07) is 18.3. The van der Waals surface area contributed by atoms with Gasteiger partial charge in [0.1, 0.15) is 0 Å². The first-order valence-corrected chi connectivity index (χ1v) is 12.3. The van der Waals surface area contributed by atoms with Crippen LogP contribution in [0.3, 0.4) is 0 Å². The molecule has 2 aromatic rings. The predicted molar refractivity (Wildman–Crippen MR) is 132 cm³/mol. The summed E-state index contributed by atoms with van der Waals surface area (Å²) in [4.78, 5) is 31.9. The van der Waals surface area contributed by atoms with Crippen molar-refractivity contribution in [1.82, 2.24) is 14.7 Å². The molecule has 0 unspecified atom stereocenters. The Morgan fingerprint density at radius 1 is 0.697 bits per heavy atom. The smallest absolute Gasteiger partial charge is 0.238 e. The summed E-state index contributed by atoms with van der Waals surface area (Å²) >= 11 is 0. The van der Waals surface area contributed by atoms with Gasteiger partial charge in [-0.1, -0.05) is 61.4 Å². The molecule has 0 aliphatic carbocycles. The highest BCUT2D eigenvalue weighted by Crippen LogP contribution is 2.19. The molecule has 2 aromatic carbocycles. The van der Waals surface area contributed by atoms with Crippen LogP contribution in [0.2, 0.25) is 0 Å². The molecule has 0 spiro atoms. The zero-order valence-corrected chi connectivity index (χ0v) is 19.5. The van der Waals surface area contributed by atoms with Crippen molar-refractivity contribution in [2.75, 3.05) is 57.7 Å². The first kappa shape index (κ1) is 23.5. The summed E-state index contributed by atoms with van der Waals surface area (Å²) in [5.74, 6) is 0.280. The number of rotatable bonds is 7. The van der Waals surface area contributed by atoms with Crippen molar-refractivity contribution in [3.05, 3.63) is 65.7 Å². The minimum atomic E-state index is 0.0182. The predicted octanol–water partition coefficient (Wildman–Crippen LogP) is 3.24. The first-order valence-electron chi connectivity index (χ1n) is 12.3. The molecular weight excluding hydrogens is 412 g/mol. The number of hydrogen-bond acceptors (Lipinski definition) is 4. The summed E-state index contributed by atoms with van der Waals surface area (Å²) in [5.41, 5.74) is 3.23. The molecule has 0 radical (unpaired) electrons. The Morgan fingerprint density at radius 2 is 1.30 bits per heavy atom. The topological polar surface area (TPSA) is 55.9 Å². The van der Waals surface area contributed by atoms with E-state index in [1.165, 1.54) is 18.4 Å². The molecule has 6 nitrogen and oxygen atoms in total. The SMILES string of the molecule is O=C(CN1CCN(CC(=O)N2CCCCCC2)CC1)Nc1ccccc1Cc1ccccc1. The highest BCUT2D eigenvalue weighted by Gasteiger charge is 2.23. The van der Waals surface area contributed by atoms with Gasteiger partial charge in [-0.25, -0.2) is 0 Å². The lowest BCUT2D eigenvalue weighted by Crippen LogP contribution is -2.51. The van der Waals surface area contributed by atoms with Crippen molar-refractivity contribution in [2.45, 2.75) is 32.1 Å². The van der Waals surface area contributed by atoms with Crippen LogP contribution in [0, 0.1) is 0 Å². The number of piperazine rings is 1. The Kier molecular flexibility index (Phi) is 8.50. The number of nitrogens with zero attached hydrogens (tertiary/aromatic N) is 3. The minimum absolute atomic E-state index is 0.0182. The van der Waals surface area contributed by atoms with E-state index < -0.39 is 0 Å². The van der Waals surface area contributed by atoms with Crippen LogP contribution in [-0.4, -0.2) is 78.9 Å². The van der Waals surface area contributed by atoms with Gasteiger partial charge in [-0.3, -0.25) is 19.4 Å². The zero-order valence-electron chi connectivity index (χ0n) is 19.5. The lowest BCUT2D eigenvalue weighted by molar-refractivity contribution is -0.133. The Bertz CT molecular complexity index is 901. The summed E-state index contributed by atoms with van der Waals surface area (Å²) in [6.07, 6.45) is 5.52. The number of benzene rings is 2. The van der Waals surface area contributed by atoms with Crippen LogP contribution in [0.5, 0.6) is 0 Å². The molecule has 6 heteroatoms. The molecule has 2 fully saturated rings. The Labute approximate surface area is 197 Å². The standard InChI is InChI=1S/C27H36N4O2/c32-26(28-25-13-7-6-12-24(25)20-23-10-4-3-5-11-23)21-29-16-18-30(19-17-29)22-27(33)31-14-8-1-2-9-15-31/h3-7,10-13H,1-2,8-9,14-22H2,(H,28,32). The number of amides is 2. The number of anilines is 1. The molecule has 4 rings (SSSR count). The van der Waals surface area contributed by atoms with E-state index in [0.717, 1.165) is 69.8 Å². The van der Waals surface area contributed by atoms with E-state index in [9.17, 15) is 9.59 Å². The third kappa shape index (κ3) is 7.14. The van der Waals surface area contributed by atoms with Crippen molar-refractivity contribution in [1.29, 1.82) is 0 Å². The summed E-state index contributed by atoms with van der Waals surface area (Å²) < 4.78 is 0. The minimum Gasteiger partial charge on any atom is -0.342 e. The molecule has 2 heterocycles. The third-order valence-electron chi connectivity index (χ3n) is 6.68. The molecule has 0 atom stereocenters. The molecule has 33 heavy (non-hydrogen) atoms. The van der Waals surface area contributed by atoms with Crippen molar-refractivity contribution in [2.24, 2.45) is 0 Å². The molecular formula is C27H36N4O2. The number of carbonyl (C=O) groups excluding carboxylic acids is 2. The van der Waals surface area contributed by atoms with E-state index in [0.29, 0.717) is 13.1 Å². The molecule has 1 N–H and O–H groups in total. The van der Waals surface area contributed by atoms with Crippen LogP contribution in [0.15, 0.2) is 54.6 Å². The molecule has 0 bridgehead atoms. The maximum Gasteiger partial charge on any atom is 0.238 e. The molecule has 2 aliphatic rings. The van der Waals surface area contributed by atoms with Gasteiger partial charge in [-0.15, -0.1) is 0 Å². The van der Waals surface area contributed by atoms with Gasteiger partial charge in [0.2, 0.25) is 11.8 Å². The highest BCUT2D eigenvalue weighted by atomic mass is 16.2. The number of likely N-dealkylation sites (tertiary alicyclic amines) is 1. The summed E-state index contributed by atoms with van der Waals surface area (Å²) in [7, 11) is 0. The van der Waals surface area contributed by atoms with Gasteiger partial charge < -0.3 is 10.2 Å². The van der Waals surface area contributed by atoms with Crippen molar-refractivity contribution in [3.63, 3.8) is 0 Å². The zero-order chi connectivity index (χ0) is 22.9.